The van der Waals surface area contributed by atoms with Gasteiger partial charge in [-0.2, -0.15) is 0 Å². The number of halogens is 2. The lowest BCUT2D eigenvalue weighted by molar-refractivity contribution is 0.102. The summed E-state index contributed by atoms with van der Waals surface area (Å²) < 4.78 is 1.63. The lowest BCUT2D eigenvalue weighted by Crippen LogP contribution is -2.09. The lowest BCUT2D eigenvalue weighted by Gasteiger charge is -2.05. The second-order valence-electron chi connectivity index (χ2n) is 3.54. The number of nitrogens with two attached hydrogens (primary N) is 1. The van der Waals surface area contributed by atoms with Crippen LogP contribution in [-0.2, 0) is 7.05 Å². The molecule has 0 unspecified atom stereocenters. The number of rotatable bonds is 2. The van der Waals surface area contributed by atoms with Gasteiger partial charge < -0.3 is 10.3 Å². The van der Waals surface area contributed by atoms with Crippen LogP contribution in [0.4, 0.5) is 5.69 Å². The molecule has 0 aliphatic carbocycles. The molecule has 2 aromatic rings. The maximum atomic E-state index is 12.1. The molecule has 2 N–H and O–H groups in total. The summed E-state index contributed by atoms with van der Waals surface area (Å²) in [5.41, 5.74) is 6.24. The van der Waals surface area contributed by atoms with Crippen molar-refractivity contribution in [1.82, 2.24) is 9.55 Å². The number of hydrogen-bond donors (Lipinski definition) is 1. The quantitative estimate of drug-likeness (QED) is 0.673. The van der Waals surface area contributed by atoms with E-state index in [1.165, 1.54) is 12.1 Å². The van der Waals surface area contributed by atoms with Gasteiger partial charge in [-0.05, 0) is 12.1 Å². The summed E-state index contributed by atoms with van der Waals surface area (Å²) in [5, 5.41) is 0.519. The van der Waals surface area contributed by atoms with Crippen molar-refractivity contribution in [1.29, 1.82) is 0 Å². The number of carbonyl (C=O) groups is 1. The van der Waals surface area contributed by atoms with Crippen molar-refractivity contribution in [3.8, 4) is 0 Å². The van der Waals surface area contributed by atoms with Crippen LogP contribution in [0.1, 0.15) is 16.2 Å². The van der Waals surface area contributed by atoms with Crippen molar-refractivity contribution in [3.63, 3.8) is 0 Å². The zero-order valence-corrected chi connectivity index (χ0v) is 10.5. The Morgan fingerprint density at radius 3 is 2.41 bits per heavy atom. The monoisotopic (exact) mass is 269 g/mol. The molecule has 1 heterocycles. The topological polar surface area (TPSA) is 60.9 Å². The second kappa shape index (κ2) is 4.39. The molecule has 0 radical (unpaired) electrons. The normalized spacial score (nSPS) is 10.5. The van der Waals surface area contributed by atoms with Crippen molar-refractivity contribution in [2.75, 3.05) is 5.73 Å². The van der Waals surface area contributed by atoms with Gasteiger partial charge >= 0.3 is 0 Å². The van der Waals surface area contributed by atoms with Crippen LogP contribution >= 0.6 is 23.2 Å². The fourth-order valence-electron chi connectivity index (χ4n) is 1.43. The molecule has 2 rings (SSSR count). The number of imidazole rings is 1. The molecule has 0 bridgehead atoms. The predicted octanol–water partition coefficient (Wildman–Crippen LogP) is 2.54. The van der Waals surface area contributed by atoms with Gasteiger partial charge in [0.25, 0.3) is 0 Å². The van der Waals surface area contributed by atoms with Gasteiger partial charge in [-0.3, -0.25) is 4.79 Å². The summed E-state index contributed by atoms with van der Waals surface area (Å²) in [6, 6.07) is 2.97. The maximum absolute atomic E-state index is 12.1. The molecule has 0 spiro atoms. The smallest absolute Gasteiger partial charge is 0.228 e. The number of benzene rings is 1. The summed E-state index contributed by atoms with van der Waals surface area (Å²) in [6.07, 6.45) is 3.24. The van der Waals surface area contributed by atoms with Crippen LogP contribution in [0.15, 0.2) is 24.5 Å². The summed E-state index contributed by atoms with van der Waals surface area (Å²) in [7, 11) is 1.74. The van der Waals surface area contributed by atoms with Crippen LogP contribution in [0.25, 0.3) is 0 Å². The van der Waals surface area contributed by atoms with Crippen LogP contribution in [0.3, 0.4) is 0 Å². The van der Waals surface area contributed by atoms with Gasteiger partial charge in [0.2, 0.25) is 5.78 Å². The predicted molar refractivity (Wildman–Crippen MR) is 67.5 cm³/mol. The lowest BCUT2D eigenvalue weighted by atomic mass is 10.1. The van der Waals surface area contributed by atoms with Crippen molar-refractivity contribution in [3.05, 3.63) is 46.0 Å². The van der Waals surface area contributed by atoms with E-state index in [0.717, 1.165) is 0 Å². The number of aromatic nitrogens is 2. The second-order valence-corrected chi connectivity index (χ2v) is 4.36. The van der Waals surface area contributed by atoms with E-state index in [9.17, 15) is 4.79 Å². The van der Waals surface area contributed by atoms with E-state index in [1.54, 1.807) is 24.0 Å². The van der Waals surface area contributed by atoms with Gasteiger partial charge in [0.05, 0.1) is 15.7 Å². The SMILES string of the molecule is Cn1ccnc1C(=O)c1cc(Cl)c(N)c(Cl)c1. The number of hydrogen-bond acceptors (Lipinski definition) is 3. The van der Waals surface area contributed by atoms with Gasteiger partial charge in [-0.25, -0.2) is 4.98 Å². The Morgan fingerprint density at radius 2 is 1.94 bits per heavy atom. The molecule has 1 aromatic carbocycles. The van der Waals surface area contributed by atoms with E-state index < -0.39 is 0 Å². The first-order valence-corrected chi connectivity index (χ1v) is 5.53. The Kier molecular flexibility index (Phi) is 3.09. The molecule has 0 amide bonds. The summed E-state index contributed by atoms with van der Waals surface area (Å²) in [4.78, 5) is 16.1. The van der Waals surface area contributed by atoms with Crippen molar-refractivity contribution in [2.45, 2.75) is 0 Å². The Morgan fingerprint density at radius 1 is 1.35 bits per heavy atom. The van der Waals surface area contributed by atoms with Gasteiger partial charge in [0, 0.05) is 25.0 Å². The Balaban J connectivity index is 2.49. The molecule has 0 fully saturated rings. The van der Waals surface area contributed by atoms with Gasteiger partial charge in [-0.15, -0.1) is 0 Å². The molecule has 0 aliphatic rings. The van der Waals surface area contributed by atoms with Crippen molar-refractivity contribution >= 4 is 34.7 Å². The number of anilines is 1. The standard InChI is InChI=1S/C11H9Cl2N3O/c1-16-3-2-15-11(16)10(17)6-4-7(12)9(14)8(13)5-6/h2-5H,14H2,1H3. The first kappa shape index (κ1) is 12.0. The molecule has 0 atom stereocenters. The number of nitrogens with zero attached hydrogens (tertiary/aromatic N) is 2. The molecule has 88 valence electrons. The van der Waals surface area contributed by atoms with E-state index in [-0.39, 0.29) is 21.5 Å². The summed E-state index contributed by atoms with van der Waals surface area (Å²) >= 11 is 11.8. The minimum absolute atomic E-state index is 0.249. The van der Waals surface area contributed by atoms with Gasteiger partial charge in [-0.1, -0.05) is 23.2 Å². The van der Waals surface area contributed by atoms with Crippen molar-refractivity contribution < 1.29 is 4.79 Å². The number of aryl methyl sites for hydroxylation is 1. The fraction of sp³-hybridized carbons (Fsp3) is 0.0909. The summed E-state index contributed by atoms with van der Waals surface area (Å²) in [6.45, 7) is 0. The van der Waals surface area contributed by atoms with Crippen LogP contribution < -0.4 is 5.73 Å². The van der Waals surface area contributed by atoms with Crippen LogP contribution in [0, 0.1) is 0 Å². The molecule has 4 nitrogen and oxygen atoms in total. The maximum Gasteiger partial charge on any atom is 0.228 e. The third kappa shape index (κ3) is 2.14. The molecule has 1 aromatic heterocycles. The average Bonchev–Trinajstić information content (AvgIpc) is 2.70. The van der Waals surface area contributed by atoms with Crippen LogP contribution in [0.5, 0.6) is 0 Å². The minimum Gasteiger partial charge on any atom is -0.396 e. The highest BCUT2D eigenvalue weighted by atomic mass is 35.5. The highest BCUT2D eigenvalue weighted by Gasteiger charge is 2.16. The highest BCUT2D eigenvalue weighted by molar-refractivity contribution is 6.39. The molecule has 6 heteroatoms. The fourth-order valence-corrected chi connectivity index (χ4v) is 1.92. The molecule has 0 saturated carbocycles. The molecule has 0 saturated heterocycles. The van der Waals surface area contributed by atoms with Gasteiger partial charge in [0.1, 0.15) is 0 Å². The third-order valence-corrected chi connectivity index (χ3v) is 2.99. The van der Waals surface area contributed by atoms with Gasteiger partial charge in [0.15, 0.2) is 5.82 Å². The number of carbonyl (C=O) groups excluding carboxylic acids is 1. The molecule has 0 aliphatic heterocycles. The number of ketones is 1. The Labute approximate surface area is 108 Å². The third-order valence-electron chi connectivity index (χ3n) is 2.37. The average molecular weight is 270 g/mol. The van der Waals surface area contributed by atoms with E-state index in [0.29, 0.717) is 11.4 Å². The van der Waals surface area contributed by atoms with E-state index >= 15 is 0 Å². The first-order valence-electron chi connectivity index (χ1n) is 4.77. The molecular weight excluding hydrogens is 261 g/mol. The highest BCUT2D eigenvalue weighted by Crippen LogP contribution is 2.29. The first-order chi connectivity index (χ1) is 8.00. The molecule has 17 heavy (non-hydrogen) atoms. The van der Waals surface area contributed by atoms with Crippen molar-refractivity contribution in [2.24, 2.45) is 7.05 Å². The Bertz CT molecular complexity index is 569. The Hall–Kier alpha value is -1.52. The van der Waals surface area contributed by atoms with E-state index in [4.69, 9.17) is 28.9 Å². The minimum atomic E-state index is -0.249. The summed E-state index contributed by atoms with van der Waals surface area (Å²) in [5.74, 6) is 0.0724. The number of nitrogen functional groups attached to an aromatic ring is 1. The van der Waals surface area contributed by atoms with E-state index in [1.807, 2.05) is 0 Å². The zero-order chi connectivity index (χ0) is 12.6. The van der Waals surface area contributed by atoms with E-state index in [2.05, 4.69) is 4.98 Å². The molecular formula is C11H9Cl2N3O. The van der Waals surface area contributed by atoms with Crippen LogP contribution in [0.2, 0.25) is 10.0 Å². The zero-order valence-electron chi connectivity index (χ0n) is 8.95. The largest absolute Gasteiger partial charge is 0.396 e. The van der Waals surface area contributed by atoms with Crippen LogP contribution in [-0.4, -0.2) is 15.3 Å².